The zero-order valence-corrected chi connectivity index (χ0v) is 9.80. The van der Waals surface area contributed by atoms with Gasteiger partial charge in [-0.15, -0.1) is 4.18 Å². The molecule has 3 nitrogen and oxygen atoms in total. The van der Waals surface area contributed by atoms with Crippen molar-refractivity contribution in [2.75, 3.05) is 6.61 Å². The smallest absolute Gasteiger partial charge is 0.241 e. The largest absolute Gasteiger partial charge is 0.388 e. The van der Waals surface area contributed by atoms with Crippen LogP contribution in [0.3, 0.4) is 0 Å². The van der Waals surface area contributed by atoms with E-state index in [1.807, 2.05) is 6.92 Å². The summed E-state index contributed by atoms with van der Waals surface area (Å²) in [6.07, 6.45) is 0.826. The molecule has 1 aliphatic rings. The Balaban J connectivity index is 2.06. The van der Waals surface area contributed by atoms with Crippen molar-refractivity contribution in [1.82, 2.24) is 0 Å². The van der Waals surface area contributed by atoms with Crippen molar-refractivity contribution in [2.45, 2.75) is 30.3 Å². The summed E-state index contributed by atoms with van der Waals surface area (Å²) in [5.74, 6) is 0. The molecule has 1 aromatic rings. The molecule has 1 unspecified atom stereocenters. The zero-order chi connectivity index (χ0) is 11.8. The lowest BCUT2D eigenvalue weighted by atomic mass is 10.2. The van der Waals surface area contributed by atoms with Gasteiger partial charge in [-0.25, -0.2) is 4.39 Å². The number of alkyl halides is 1. The summed E-state index contributed by atoms with van der Waals surface area (Å²) in [6.45, 7) is 1.57. The number of aryl methyl sites for hydroxylation is 1. The van der Waals surface area contributed by atoms with Crippen LogP contribution >= 0.6 is 0 Å². The second-order valence-electron chi connectivity index (χ2n) is 4.20. The van der Waals surface area contributed by atoms with E-state index < -0.39 is 16.2 Å². The molecule has 5 heteroatoms. The quantitative estimate of drug-likeness (QED) is 0.830. The van der Waals surface area contributed by atoms with Gasteiger partial charge in [0.15, 0.2) is 0 Å². The standard InChI is InChI=1S/C11H13FO3S/c1-9-2-4-10(5-3-9)16(13,14)15-8-11(12)6-7-11/h2-5H,6-8H2,1H3/p+1. The Labute approximate surface area is 95.1 Å². The van der Waals surface area contributed by atoms with E-state index in [2.05, 4.69) is 0 Å². The summed E-state index contributed by atoms with van der Waals surface area (Å²) >= 11 is 0. The van der Waals surface area contributed by atoms with Crippen molar-refractivity contribution >= 4 is 10.5 Å². The van der Waals surface area contributed by atoms with E-state index in [-0.39, 0.29) is 11.5 Å². The highest BCUT2D eigenvalue weighted by Gasteiger charge is 2.47. The van der Waals surface area contributed by atoms with Gasteiger partial charge in [0.05, 0.1) is 0 Å². The van der Waals surface area contributed by atoms with Crippen LogP contribution in [0.2, 0.25) is 0 Å². The van der Waals surface area contributed by atoms with Crippen LogP contribution in [-0.4, -0.2) is 16.8 Å². The molecule has 1 aromatic carbocycles. The molecule has 0 saturated heterocycles. The summed E-state index contributed by atoms with van der Waals surface area (Å²) in [5.41, 5.74) is -0.390. The van der Waals surface area contributed by atoms with Crippen molar-refractivity contribution in [3.8, 4) is 0 Å². The van der Waals surface area contributed by atoms with Gasteiger partial charge >= 0.3 is 10.5 Å². The highest BCUT2D eigenvalue weighted by molar-refractivity contribution is 7.93. The van der Waals surface area contributed by atoms with Gasteiger partial charge in [0, 0.05) is 0 Å². The maximum absolute atomic E-state index is 13.2. The summed E-state index contributed by atoms with van der Waals surface area (Å²) in [7, 11) is -3.56. The number of hydrogen-bond acceptors (Lipinski definition) is 2. The molecule has 1 atom stereocenters. The van der Waals surface area contributed by atoms with E-state index in [1.165, 1.54) is 12.1 Å². The van der Waals surface area contributed by atoms with E-state index in [0.29, 0.717) is 12.8 Å². The molecule has 0 spiro atoms. The maximum atomic E-state index is 13.2. The van der Waals surface area contributed by atoms with E-state index in [0.717, 1.165) is 5.56 Å². The summed E-state index contributed by atoms with van der Waals surface area (Å²) < 4.78 is 39.4. The number of benzene rings is 1. The molecule has 0 radical (unpaired) electrons. The van der Waals surface area contributed by atoms with Crippen molar-refractivity contribution in [1.29, 1.82) is 0 Å². The van der Waals surface area contributed by atoms with Crippen LogP contribution in [0.15, 0.2) is 29.2 Å². The molecule has 1 saturated carbocycles. The van der Waals surface area contributed by atoms with Crippen LogP contribution in [0.1, 0.15) is 18.4 Å². The first-order valence-corrected chi connectivity index (χ1v) is 6.52. The SMILES string of the molecule is Cc1ccc([S+](=O)(O)OCC2(F)CC2)cc1. The van der Waals surface area contributed by atoms with Crippen molar-refractivity contribution in [3.05, 3.63) is 29.8 Å². The van der Waals surface area contributed by atoms with Crippen molar-refractivity contribution in [3.63, 3.8) is 0 Å². The van der Waals surface area contributed by atoms with Gasteiger partial charge in [-0.2, -0.15) is 4.55 Å². The van der Waals surface area contributed by atoms with Crippen molar-refractivity contribution < 1.29 is 17.3 Å². The molecule has 0 bridgehead atoms. The summed E-state index contributed by atoms with van der Waals surface area (Å²) in [5, 5.41) is 0. The fourth-order valence-corrected chi connectivity index (χ4v) is 2.23. The van der Waals surface area contributed by atoms with Gasteiger partial charge in [-0.05, 0) is 36.1 Å². The van der Waals surface area contributed by atoms with Crippen LogP contribution in [0, 0.1) is 6.92 Å². The number of hydrogen-bond donors (Lipinski definition) is 1. The monoisotopic (exact) mass is 245 g/mol. The minimum absolute atomic E-state index is 0.183. The molecule has 1 aliphatic carbocycles. The Kier molecular flexibility index (Phi) is 2.86. The average molecular weight is 245 g/mol. The van der Waals surface area contributed by atoms with E-state index in [4.69, 9.17) is 4.18 Å². The normalized spacial score (nSPS) is 21.4. The Morgan fingerprint density at radius 3 is 2.50 bits per heavy atom. The Bertz CT molecular complexity index is 425. The molecule has 16 heavy (non-hydrogen) atoms. The molecule has 1 N–H and O–H groups in total. The molecule has 0 aromatic heterocycles. The lowest BCUT2D eigenvalue weighted by molar-refractivity contribution is 0.169. The molecule has 0 heterocycles. The average Bonchev–Trinajstić information content (AvgIpc) is 2.96. The van der Waals surface area contributed by atoms with Crippen LogP contribution in [0.25, 0.3) is 0 Å². The second-order valence-corrected chi connectivity index (χ2v) is 5.86. The Hall–Kier alpha value is -0.780. The highest BCUT2D eigenvalue weighted by atomic mass is 32.3. The third kappa shape index (κ3) is 2.66. The number of halogens is 1. The second kappa shape index (κ2) is 3.91. The minimum atomic E-state index is -3.56. The van der Waals surface area contributed by atoms with Gasteiger partial charge in [-0.1, -0.05) is 17.7 Å². The first kappa shape index (κ1) is 11.7. The summed E-state index contributed by atoms with van der Waals surface area (Å²) in [4.78, 5) is 0.183. The fourth-order valence-electron chi connectivity index (χ4n) is 1.24. The maximum Gasteiger partial charge on any atom is 0.388 e. The van der Waals surface area contributed by atoms with Crippen LogP contribution < -0.4 is 0 Å². The minimum Gasteiger partial charge on any atom is -0.241 e. The first-order valence-electron chi connectivity index (χ1n) is 5.08. The van der Waals surface area contributed by atoms with Gasteiger partial charge in [0.25, 0.3) is 0 Å². The van der Waals surface area contributed by atoms with Crippen LogP contribution in [0.4, 0.5) is 4.39 Å². The van der Waals surface area contributed by atoms with Gasteiger partial charge in [0.1, 0.15) is 12.3 Å². The van der Waals surface area contributed by atoms with Gasteiger partial charge in [0.2, 0.25) is 4.90 Å². The predicted octanol–water partition coefficient (Wildman–Crippen LogP) is 2.76. The highest BCUT2D eigenvalue weighted by Crippen LogP contribution is 2.40. The molecule has 1 fully saturated rings. The lowest BCUT2D eigenvalue weighted by Crippen LogP contribution is -2.20. The molecule has 0 amide bonds. The molecular weight excluding hydrogens is 231 g/mol. The zero-order valence-electron chi connectivity index (χ0n) is 8.98. The van der Waals surface area contributed by atoms with E-state index >= 15 is 0 Å². The third-order valence-corrected chi connectivity index (χ3v) is 3.89. The molecular formula is C11H14FO3S+. The third-order valence-electron chi connectivity index (χ3n) is 2.59. The Morgan fingerprint density at radius 1 is 1.44 bits per heavy atom. The molecule has 2 rings (SSSR count). The van der Waals surface area contributed by atoms with Gasteiger partial charge < -0.3 is 0 Å². The van der Waals surface area contributed by atoms with Crippen LogP contribution in [0.5, 0.6) is 0 Å². The van der Waals surface area contributed by atoms with Gasteiger partial charge in [-0.3, -0.25) is 0 Å². The predicted molar refractivity (Wildman–Crippen MR) is 59.2 cm³/mol. The van der Waals surface area contributed by atoms with Crippen molar-refractivity contribution in [2.24, 2.45) is 0 Å². The van der Waals surface area contributed by atoms with E-state index in [1.54, 1.807) is 12.1 Å². The Morgan fingerprint density at radius 2 is 2.00 bits per heavy atom. The molecule has 88 valence electrons. The summed E-state index contributed by atoms with van der Waals surface area (Å²) in [6, 6.07) is 6.48. The fraction of sp³-hybridized carbons (Fsp3) is 0.455. The first-order chi connectivity index (χ1) is 7.41. The number of rotatable bonds is 4. The van der Waals surface area contributed by atoms with E-state index in [9.17, 15) is 13.2 Å². The topological polar surface area (TPSA) is 46.5 Å². The lowest BCUT2D eigenvalue weighted by Gasteiger charge is -2.05. The molecule has 0 aliphatic heterocycles. The van der Waals surface area contributed by atoms with Crippen LogP contribution in [-0.2, 0) is 18.9 Å².